The fourth-order valence-corrected chi connectivity index (χ4v) is 2.19. The average Bonchev–Trinajstić information content (AvgIpc) is 2.91. The van der Waals surface area contributed by atoms with Crippen LogP contribution in [0.1, 0.15) is 26.2 Å². The van der Waals surface area contributed by atoms with Crippen LogP contribution in [0.25, 0.3) is 0 Å². The first-order valence-corrected chi connectivity index (χ1v) is 6.94. The van der Waals surface area contributed by atoms with Gasteiger partial charge in [-0.3, -0.25) is 0 Å². The van der Waals surface area contributed by atoms with E-state index in [9.17, 15) is 0 Å². The monoisotopic (exact) mass is 249 g/mol. The summed E-state index contributed by atoms with van der Waals surface area (Å²) in [6.45, 7) is 7.35. The highest BCUT2D eigenvalue weighted by Gasteiger charge is 2.11. The fraction of sp³-hybridized carbons (Fsp3) is 0.643. The van der Waals surface area contributed by atoms with Crippen molar-refractivity contribution < 1.29 is 4.74 Å². The number of ether oxygens (including phenoxy) is 1. The van der Waals surface area contributed by atoms with E-state index in [1.54, 1.807) is 6.20 Å². The zero-order valence-electron chi connectivity index (χ0n) is 11.2. The van der Waals surface area contributed by atoms with Crippen LogP contribution in [0.15, 0.2) is 18.3 Å². The van der Waals surface area contributed by atoms with Gasteiger partial charge in [-0.25, -0.2) is 4.98 Å². The van der Waals surface area contributed by atoms with E-state index in [1.807, 2.05) is 12.1 Å². The Morgan fingerprint density at radius 2 is 2.22 bits per heavy atom. The Morgan fingerprint density at radius 1 is 1.39 bits per heavy atom. The molecular weight excluding hydrogens is 226 g/mol. The zero-order chi connectivity index (χ0) is 12.6. The maximum atomic E-state index is 5.67. The third-order valence-electron chi connectivity index (χ3n) is 3.15. The molecule has 2 rings (SSSR count). The molecule has 0 saturated carbocycles. The second-order valence-corrected chi connectivity index (χ2v) is 4.67. The molecule has 4 heteroatoms. The summed E-state index contributed by atoms with van der Waals surface area (Å²) in [6.07, 6.45) is 5.50. The molecule has 0 spiro atoms. The quantitative estimate of drug-likeness (QED) is 0.805. The molecule has 0 amide bonds. The molecule has 1 aromatic rings. The van der Waals surface area contributed by atoms with Gasteiger partial charge in [-0.15, -0.1) is 0 Å². The van der Waals surface area contributed by atoms with Gasteiger partial charge in [-0.05, 0) is 44.5 Å². The van der Waals surface area contributed by atoms with Crippen molar-refractivity contribution in [2.45, 2.75) is 26.2 Å². The van der Waals surface area contributed by atoms with E-state index in [1.165, 1.54) is 25.9 Å². The molecule has 4 nitrogen and oxygen atoms in total. The van der Waals surface area contributed by atoms with E-state index in [2.05, 4.69) is 22.1 Å². The third kappa shape index (κ3) is 3.88. The van der Waals surface area contributed by atoms with Gasteiger partial charge in [0.15, 0.2) is 11.6 Å². The highest BCUT2D eigenvalue weighted by molar-refractivity contribution is 5.49. The second-order valence-electron chi connectivity index (χ2n) is 4.67. The molecule has 0 atom stereocenters. The van der Waals surface area contributed by atoms with Gasteiger partial charge in [-0.2, -0.15) is 0 Å². The van der Waals surface area contributed by atoms with E-state index in [-0.39, 0.29) is 0 Å². The lowest BCUT2D eigenvalue weighted by atomic mass is 10.4. The first-order chi connectivity index (χ1) is 8.90. The van der Waals surface area contributed by atoms with E-state index in [4.69, 9.17) is 4.74 Å². The number of pyridine rings is 1. The normalized spacial score (nSPS) is 15.8. The molecule has 100 valence electrons. The summed E-state index contributed by atoms with van der Waals surface area (Å²) in [5.74, 6) is 1.73. The minimum Gasteiger partial charge on any atom is -0.490 e. The fourth-order valence-electron chi connectivity index (χ4n) is 2.19. The number of hydrogen-bond acceptors (Lipinski definition) is 4. The third-order valence-corrected chi connectivity index (χ3v) is 3.15. The van der Waals surface area contributed by atoms with Gasteiger partial charge in [0.1, 0.15) is 0 Å². The molecule has 0 aliphatic carbocycles. The molecule has 0 bridgehead atoms. The molecular formula is C14H23N3O. The molecule has 0 radical (unpaired) electrons. The Hall–Kier alpha value is -1.29. The Kier molecular flexibility index (Phi) is 5.27. The molecule has 1 fully saturated rings. The van der Waals surface area contributed by atoms with E-state index in [0.717, 1.165) is 37.7 Å². The van der Waals surface area contributed by atoms with Crippen LogP contribution in [0.5, 0.6) is 5.75 Å². The molecule has 18 heavy (non-hydrogen) atoms. The van der Waals surface area contributed by atoms with Crippen LogP contribution in [-0.2, 0) is 0 Å². The molecule has 1 aromatic heterocycles. The molecule has 1 saturated heterocycles. The minimum absolute atomic E-state index is 0.743. The van der Waals surface area contributed by atoms with Crippen LogP contribution in [-0.4, -0.2) is 42.7 Å². The molecule has 0 aromatic carbocycles. The number of aromatic nitrogens is 1. The standard InChI is InChI=1S/C14H23N3O/c1-2-12-18-13-6-5-7-15-14(13)16-8-11-17-9-3-4-10-17/h5-7H,2-4,8-12H2,1H3,(H,15,16). The maximum Gasteiger partial charge on any atom is 0.168 e. The van der Waals surface area contributed by atoms with E-state index < -0.39 is 0 Å². The van der Waals surface area contributed by atoms with Crippen molar-refractivity contribution in [1.82, 2.24) is 9.88 Å². The molecule has 1 N–H and O–H groups in total. The van der Waals surface area contributed by atoms with Crippen molar-refractivity contribution in [3.05, 3.63) is 18.3 Å². The topological polar surface area (TPSA) is 37.4 Å². The van der Waals surface area contributed by atoms with Crippen molar-refractivity contribution in [3.63, 3.8) is 0 Å². The van der Waals surface area contributed by atoms with Gasteiger partial charge in [-0.1, -0.05) is 6.92 Å². The summed E-state index contributed by atoms with van der Waals surface area (Å²) in [4.78, 5) is 6.83. The number of anilines is 1. The van der Waals surface area contributed by atoms with Crippen LogP contribution < -0.4 is 10.1 Å². The molecule has 0 unspecified atom stereocenters. The molecule has 1 aliphatic heterocycles. The lowest BCUT2D eigenvalue weighted by molar-refractivity contribution is 0.317. The second kappa shape index (κ2) is 7.21. The van der Waals surface area contributed by atoms with E-state index >= 15 is 0 Å². The van der Waals surface area contributed by atoms with E-state index in [0.29, 0.717) is 0 Å². The Morgan fingerprint density at radius 3 is 3.00 bits per heavy atom. The first kappa shape index (κ1) is 13.1. The number of rotatable bonds is 7. The SMILES string of the molecule is CCCOc1cccnc1NCCN1CCCC1. The van der Waals surface area contributed by atoms with Crippen LogP contribution in [0.3, 0.4) is 0 Å². The Labute approximate surface area is 109 Å². The number of nitrogens with zero attached hydrogens (tertiary/aromatic N) is 2. The number of likely N-dealkylation sites (tertiary alicyclic amines) is 1. The summed E-state index contributed by atoms with van der Waals surface area (Å²) >= 11 is 0. The van der Waals surface area contributed by atoms with Gasteiger partial charge >= 0.3 is 0 Å². The highest BCUT2D eigenvalue weighted by Crippen LogP contribution is 2.20. The number of hydrogen-bond donors (Lipinski definition) is 1. The lowest BCUT2D eigenvalue weighted by Gasteiger charge is -2.16. The summed E-state index contributed by atoms with van der Waals surface area (Å²) in [5.41, 5.74) is 0. The van der Waals surface area contributed by atoms with Gasteiger partial charge in [0.05, 0.1) is 6.61 Å². The predicted molar refractivity (Wildman–Crippen MR) is 74.2 cm³/mol. The first-order valence-electron chi connectivity index (χ1n) is 6.94. The largest absolute Gasteiger partial charge is 0.490 e. The summed E-state index contributed by atoms with van der Waals surface area (Å²) in [7, 11) is 0. The predicted octanol–water partition coefficient (Wildman–Crippen LogP) is 2.38. The van der Waals surface area contributed by atoms with Crippen molar-refractivity contribution >= 4 is 5.82 Å². The van der Waals surface area contributed by atoms with Gasteiger partial charge in [0.2, 0.25) is 0 Å². The van der Waals surface area contributed by atoms with Crippen molar-refractivity contribution in [2.75, 3.05) is 38.1 Å². The smallest absolute Gasteiger partial charge is 0.168 e. The summed E-state index contributed by atoms with van der Waals surface area (Å²) in [6, 6.07) is 3.89. The van der Waals surface area contributed by atoms with Crippen LogP contribution in [0.2, 0.25) is 0 Å². The van der Waals surface area contributed by atoms with Gasteiger partial charge in [0.25, 0.3) is 0 Å². The van der Waals surface area contributed by atoms with Crippen LogP contribution in [0, 0.1) is 0 Å². The Bertz CT molecular complexity index is 351. The van der Waals surface area contributed by atoms with Crippen molar-refractivity contribution in [1.29, 1.82) is 0 Å². The van der Waals surface area contributed by atoms with Crippen molar-refractivity contribution in [3.8, 4) is 5.75 Å². The summed E-state index contributed by atoms with van der Waals surface area (Å²) in [5, 5.41) is 3.37. The lowest BCUT2D eigenvalue weighted by Crippen LogP contribution is -2.26. The van der Waals surface area contributed by atoms with Crippen LogP contribution >= 0.6 is 0 Å². The molecule has 1 aliphatic rings. The van der Waals surface area contributed by atoms with Gasteiger partial charge in [0, 0.05) is 19.3 Å². The zero-order valence-corrected chi connectivity index (χ0v) is 11.2. The number of nitrogens with one attached hydrogen (secondary N) is 1. The summed E-state index contributed by atoms with van der Waals surface area (Å²) < 4.78 is 5.67. The molecule has 2 heterocycles. The maximum absolute atomic E-state index is 5.67. The van der Waals surface area contributed by atoms with Crippen LogP contribution in [0.4, 0.5) is 5.82 Å². The van der Waals surface area contributed by atoms with Gasteiger partial charge < -0.3 is 15.0 Å². The Balaban J connectivity index is 1.79. The average molecular weight is 249 g/mol. The van der Waals surface area contributed by atoms with Crippen molar-refractivity contribution in [2.24, 2.45) is 0 Å². The highest BCUT2D eigenvalue weighted by atomic mass is 16.5. The minimum atomic E-state index is 0.743.